The van der Waals surface area contributed by atoms with Gasteiger partial charge in [0.15, 0.2) is 11.6 Å². The van der Waals surface area contributed by atoms with Gasteiger partial charge in [-0.3, -0.25) is 14.4 Å². The number of amides is 1. The Balaban J connectivity index is 1.55. The lowest BCUT2D eigenvalue weighted by Gasteiger charge is -2.39. The molecule has 3 heterocycles. The molecule has 0 radical (unpaired) electrons. The smallest absolute Gasteiger partial charge is 0.238 e. The largest absolute Gasteiger partial charge is 0.497 e. The third-order valence-corrected chi connectivity index (χ3v) is 9.17. The summed E-state index contributed by atoms with van der Waals surface area (Å²) in [4.78, 5) is 46.1. The van der Waals surface area contributed by atoms with Crippen LogP contribution in [0.25, 0.3) is 5.57 Å². The van der Waals surface area contributed by atoms with E-state index in [0.29, 0.717) is 22.6 Å². The highest BCUT2D eigenvalue weighted by Crippen LogP contribution is 2.59. The Morgan fingerprint density at radius 1 is 0.884 bits per heavy atom. The first-order valence-electron chi connectivity index (χ1n) is 14.2. The Morgan fingerprint density at radius 3 is 2.42 bits per heavy atom. The van der Waals surface area contributed by atoms with Crippen LogP contribution < -0.4 is 15.0 Å². The van der Waals surface area contributed by atoms with Gasteiger partial charge in [0.2, 0.25) is 5.91 Å². The van der Waals surface area contributed by atoms with Crippen molar-refractivity contribution in [3.63, 3.8) is 0 Å². The van der Waals surface area contributed by atoms with Crippen molar-refractivity contribution in [1.29, 1.82) is 0 Å². The number of nitrogens with zero attached hydrogens (tertiary/aromatic N) is 1. The predicted octanol–water partition coefficient (Wildman–Crippen LogP) is 6.39. The van der Waals surface area contributed by atoms with Crippen molar-refractivity contribution in [2.24, 2.45) is 5.92 Å². The standard InChI is InChI=1S/C36H29FN2O4/c1-20-11-16-29-26(17-20)21(2)18-30-36(27-9-4-5-10-28(27)38-35(36)42)31(33(40)22-12-14-24(37)15-13-22)32(39(29)30)34(41)23-7-6-8-25(19-23)43-3/h4-19,30-32H,1-3H3,(H,38,42)/t30-,31-,32+,36+/m1/s1. The first kappa shape index (κ1) is 26.8. The number of rotatable bonds is 5. The van der Waals surface area contributed by atoms with E-state index < -0.39 is 35.0 Å². The molecule has 4 atom stereocenters. The minimum atomic E-state index is -1.44. The van der Waals surface area contributed by atoms with Crippen LogP contribution in [0.3, 0.4) is 0 Å². The number of para-hydroxylation sites is 1. The Labute approximate surface area is 248 Å². The summed E-state index contributed by atoms with van der Waals surface area (Å²) in [7, 11) is 1.53. The number of methoxy groups -OCH3 is 1. The van der Waals surface area contributed by atoms with Crippen LogP contribution in [-0.2, 0) is 10.2 Å². The maximum Gasteiger partial charge on any atom is 0.238 e. The lowest BCUT2D eigenvalue weighted by molar-refractivity contribution is -0.121. The van der Waals surface area contributed by atoms with Crippen molar-refractivity contribution in [3.05, 3.63) is 131 Å². The summed E-state index contributed by atoms with van der Waals surface area (Å²) in [6.45, 7) is 4.00. The van der Waals surface area contributed by atoms with Crippen molar-refractivity contribution in [2.75, 3.05) is 17.3 Å². The van der Waals surface area contributed by atoms with E-state index in [2.05, 4.69) is 11.4 Å². The number of ketones is 2. The zero-order valence-corrected chi connectivity index (χ0v) is 23.9. The van der Waals surface area contributed by atoms with Gasteiger partial charge in [-0.2, -0.15) is 0 Å². The molecule has 214 valence electrons. The topological polar surface area (TPSA) is 75.7 Å². The van der Waals surface area contributed by atoms with Crippen LogP contribution in [0.4, 0.5) is 15.8 Å². The summed E-state index contributed by atoms with van der Waals surface area (Å²) < 4.78 is 19.4. The minimum Gasteiger partial charge on any atom is -0.497 e. The number of aryl methyl sites for hydroxylation is 1. The van der Waals surface area contributed by atoms with Crippen LogP contribution >= 0.6 is 0 Å². The molecule has 0 bridgehead atoms. The number of benzene rings is 4. The summed E-state index contributed by atoms with van der Waals surface area (Å²) in [6.07, 6.45) is 2.02. The first-order valence-corrected chi connectivity index (χ1v) is 14.2. The van der Waals surface area contributed by atoms with Gasteiger partial charge in [0, 0.05) is 28.1 Å². The van der Waals surface area contributed by atoms with Crippen LogP contribution in [0, 0.1) is 18.7 Å². The fourth-order valence-corrected chi connectivity index (χ4v) is 7.29. The summed E-state index contributed by atoms with van der Waals surface area (Å²) >= 11 is 0. The fraction of sp³-hybridized carbons (Fsp3) is 0.194. The second-order valence-corrected chi connectivity index (χ2v) is 11.5. The van der Waals surface area contributed by atoms with Gasteiger partial charge < -0.3 is 15.0 Å². The molecule has 1 spiro atoms. The van der Waals surface area contributed by atoms with Crippen LogP contribution in [0.2, 0.25) is 0 Å². The third-order valence-electron chi connectivity index (χ3n) is 9.17. The first-order chi connectivity index (χ1) is 20.7. The number of hydrogen-bond donors (Lipinski definition) is 1. The highest BCUT2D eigenvalue weighted by molar-refractivity contribution is 6.18. The summed E-state index contributed by atoms with van der Waals surface area (Å²) in [5.41, 5.74) is 4.16. The monoisotopic (exact) mass is 572 g/mol. The number of hydrogen-bond acceptors (Lipinski definition) is 5. The zero-order chi connectivity index (χ0) is 30.0. The molecule has 0 aliphatic carbocycles. The van der Waals surface area contributed by atoms with E-state index >= 15 is 0 Å². The Hall–Kier alpha value is -5.04. The number of halogens is 1. The molecule has 7 heteroatoms. The van der Waals surface area contributed by atoms with Crippen molar-refractivity contribution >= 4 is 34.4 Å². The van der Waals surface area contributed by atoms with Crippen LogP contribution in [0.15, 0.2) is 97.1 Å². The average Bonchev–Trinajstić information content (AvgIpc) is 3.49. The molecule has 0 saturated carbocycles. The molecule has 0 aromatic heterocycles. The van der Waals surface area contributed by atoms with E-state index in [9.17, 15) is 18.8 Å². The van der Waals surface area contributed by atoms with Crippen LogP contribution in [-0.4, -0.2) is 36.7 Å². The lowest BCUT2D eigenvalue weighted by atomic mass is 9.64. The molecule has 7 rings (SSSR count). The van der Waals surface area contributed by atoms with Crippen LogP contribution in [0.5, 0.6) is 5.75 Å². The van der Waals surface area contributed by atoms with Gasteiger partial charge in [-0.25, -0.2) is 4.39 Å². The maximum atomic E-state index is 14.8. The van der Waals surface area contributed by atoms with Gasteiger partial charge in [-0.15, -0.1) is 0 Å². The van der Waals surface area contributed by atoms with Gasteiger partial charge >= 0.3 is 0 Å². The van der Waals surface area contributed by atoms with Gasteiger partial charge in [0.05, 0.1) is 19.1 Å². The number of ether oxygens (including phenoxy) is 1. The lowest BCUT2D eigenvalue weighted by Crippen LogP contribution is -2.51. The van der Waals surface area contributed by atoms with E-state index in [4.69, 9.17) is 4.74 Å². The summed E-state index contributed by atoms with van der Waals surface area (Å²) in [6, 6.07) is 23.8. The second kappa shape index (κ2) is 9.76. The van der Waals surface area contributed by atoms with E-state index in [1.54, 1.807) is 24.3 Å². The van der Waals surface area contributed by atoms with Crippen molar-refractivity contribution < 1.29 is 23.5 Å². The SMILES string of the molecule is COc1cccc(C(=O)[C@@H]2[C@H](C(=O)c3ccc(F)cc3)[C@@]3(C(=O)Nc4ccccc43)[C@H]3C=C(C)c4cc(C)ccc4N23)c1. The molecule has 1 amide bonds. The highest BCUT2D eigenvalue weighted by Gasteiger charge is 2.70. The molecule has 3 aliphatic heterocycles. The quantitative estimate of drug-likeness (QED) is 0.281. The molecular formula is C36H29FN2O4. The number of anilines is 2. The minimum absolute atomic E-state index is 0.232. The van der Waals surface area contributed by atoms with E-state index in [-0.39, 0.29) is 17.3 Å². The highest BCUT2D eigenvalue weighted by atomic mass is 19.1. The molecule has 6 nitrogen and oxygen atoms in total. The predicted molar refractivity (Wildman–Crippen MR) is 163 cm³/mol. The third kappa shape index (κ3) is 3.80. The molecule has 4 aromatic carbocycles. The average molecular weight is 573 g/mol. The van der Waals surface area contributed by atoms with Gasteiger partial charge in [-0.05, 0) is 79.6 Å². The normalized spacial score (nSPS) is 23.3. The Morgan fingerprint density at radius 2 is 1.65 bits per heavy atom. The van der Waals surface area contributed by atoms with Crippen molar-refractivity contribution in [3.8, 4) is 5.75 Å². The van der Waals surface area contributed by atoms with Crippen molar-refractivity contribution in [1.82, 2.24) is 0 Å². The number of fused-ring (bicyclic) bond motifs is 6. The molecule has 43 heavy (non-hydrogen) atoms. The summed E-state index contributed by atoms with van der Waals surface area (Å²) in [5.74, 6) is -2.16. The number of nitrogens with one attached hydrogen (secondary N) is 1. The molecule has 3 aliphatic rings. The molecule has 1 fully saturated rings. The number of carbonyl (C=O) groups is 3. The number of carbonyl (C=O) groups excluding carboxylic acids is 3. The summed E-state index contributed by atoms with van der Waals surface area (Å²) in [5, 5.41) is 3.04. The van der Waals surface area contributed by atoms with Gasteiger partial charge in [-0.1, -0.05) is 48.0 Å². The Bertz CT molecular complexity index is 1860. The van der Waals surface area contributed by atoms with Gasteiger partial charge in [0.1, 0.15) is 23.0 Å². The molecule has 1 saturated heterocycles. The number of Topliss-reactive ketones (excluding diaryl/α,β-unsaturated/α-hetero) is 2. The molecule has 4 aromatic rings. The number of allylic oxidation sites excluding steroid dienone is 1. The molecule has 1 N–H and O–H groups in total. The van der Waals surface area contributed by atoms with Crippen molar-refractivity contribution in [2.45, 2.75) is 31.3 Å². The fourth-order valence-electron chi connectivity index (χ4n) is 7.29. The maximum absolute atomic E-state index is 14.8. The van der Waals surface area contributed by atoms with E-state index in [1.807, 2.05) is 61.2 Å². The van der Waals surface area contributed by atoms with Gasteiger partial charge in [0.25, 0.3) is 0 Å². The molecular weight excluding hydrogens is 543 g/mol. The Kier molecular flexibility index (Phi) is 6.09. The second-order valence-electron chi connectivity index (χ2n) is 11.5. The van der Waals surface area contributed by atoms with E-state index in [1.165, 1.54) is 31.4 Å². The van der Waals surface area contributed by atoms with E-state index in [0.717, 1.165) is 22.4 Å². The molecule has 0 unspecified atom stereocenters. The van der Waals surface area contributed by atoms with Crippen LogP contribution in [0.1, 0.15) is 44.3 Å². The zero-order valence-electron chi connectivity index (χ0n) is 23.9.